The number of hydrogen-bond donors (Lipinski definition) is 2. The quantitative estimate of drug-likeness (QED) is 0.759. The zero-order valence-electron chi connectivity index (χ0n) is 16.0. The Morgan fingerprint density at radius 2 is 2.04 bits per heavy atom. The van der Waals surface area contributed by atoms with Crippen molar-refractivity contribution in [1.82, 2.24) is 25.3 Å². The van der Waals surface area contributed by atoms with Crippen LogP contribution in [0.1, 0.15) is 22.6 Å². The van der Waals surface area contributed by atoms with Crippen LogP contribution in [0.4, 0.5) is 0 Å². The molecule has 8 heteroatoms. The zero-order valence-corrected chi connectivity index (χ0v) is 17.6. The lowest BCUT2D eigenvalue weighted by Gasteiger charge is -2.17. The fourth-order valence-electron chi connectivity index (χ4n) is 3.46. The van der Waals surface area contributed by atoms with Gasteiger partial charge in [-0.2, -0.15) is 5.10 Å². The second-order valence-corrected chi connectivity index (χ2v) is 7.09. The van der Waals surface area contributed by atoms with E-state index in [-0.39, 0.29) is 42.6 Å². The summed E-state index contributed by atoms with van der Waals surface area (Å²) in [6.45, 7) is 3.00. The third kappa shape index (κ3) is 6.21. The van der Waals surface area contributed by atoms with Crippen LogP contribution in [0.3, 0.4) is 0 Å². The van der Waals surface area contributed by atoms with Gasteiger partial charge in [-0.3, -0.25) is 9.48 Å². The molecule has 0 radical (unpaired) electrons. The van der Waals surface area contributed by atoms with Crippen LogP contribution in [0.25, 0.3) is 0 Å². The maximum absolute atomic E-state index is 12.7. The predicted octanol–water partition coefficient (Wildman–Crippen LogP) is 1.94. The molecule has 0 spiro atoms. The van der Waals surface area contributed by atoms with E-state index in [1.54, 1.807) is 4.68 Å². The maximum Gasteiger partial charge on any atom is 0.225 e. The van der Waals surface area contributed by atoms with E-state index in [0.717, 1.165) is 24.2 Å². The Hall–Kier alpha value is -1.60. The Morgan fingerprint density at radius 1 is 1.30 bits per heavy atom. The molecule has 1 aromatic heterocycles. The van der Waals surface area contributed by atoms with Crippen molar-refractivity contribution in [3.63, 3.8) is 0 Å². The first-order chi connectivity index (χ1) is 12.0. The first kappa shape index (κ1) is 23.4. The lowest BCUT2D eigenvalue weighted by atomic mass is 9.90. The number of rotatable bonds is 6. The van der Waals surface area contributed by atoms with Gasteiger partial charge in [0.25, 0.3) is 0 Å². The topological polar surface area (TPSA) is 62.2 Å². The molecule has 1 fully saturated rings. The molecule has 2 N–H and O–H groups in total. The molecule has 2 heterocycles. The third-order valence-corrected chi connectivity index (χ3v) is 4.66. The zero-order chi connectivity index (χ0) is 17.8. The summed E-state index contributed by atoms with van der Waals surface area (Å²) in [5.74, 6) is 0.250. The number of benzene rings is 1. The van der Waals surface area contributed by atoms with Crippen LogP contribution in [0.5, 0.6) is 0 Å². The summed E-state index contributed by atoms with van der Waals surface area (Å²) in [4.78, 5) is 14.8. The maximum atomic E-state index is 12.7. The van der Waals surface area contributed by atoms with Gasteiger partial charge < -0.3 is 15.5 Å². The highest BCUT2D eigenvalue weighted by molar-refractivity contribution is 5.85. The van der Waals surface area contributed by atoms with E-state index in [0.29, 0.717) is 13.1 Å². The molecule has 0 saturated carbocycles. The summed E-state index contributed by atoms with van der Waals surface area (Å²) in [6, 6.07) is 8.39. The molecule has 150 valence electrons. The molecule has 27 heavy (non-hydrogen) atoms. The Bertz CT molecular complexity index is 734. The predicted molar refractivity (Wildman–Crippen MR) is 112 cm³/mol. The minimum Gasteiger partial charge on any atom is -0.352 e. The molecule has 1 saturated heterocycles. The third-order valence-electron chi connectivity index (χ3n) is 4.66. The van der Waals surface area contributed by atoms with Crippen LogP contribution in [0.15, 0.2) is 36.7 Å². The molecular weight excluding hydrogens is 385 g/mol. The van der Waals surface area contributed by atoms with E-state index in [4.69, 9.17) is 0 Å². The van der Waals surface area contributed by atoms with Gasteiger partial charge >= 0.3 is 0 Å². The van der Waals surface area contributed by atoms with E-state index < -0.39 is 0 Å². The summed E-state index contributed by atoms with van der Waals surface area (Å²) in [7, 11) is 6.02. The highest BCUT2D eigenvalue weighted by Crippen LogP contribution is 2.27. The standard InChI is InChI=1S/C19H27N5O.2ClH/c1-23(2)12-15-6-4-5-14(7-15)8-21-19(25)18-11-20-10-17(18)16-9-22-24(3)13-16;;/h4-7,9,13,17-18,20H,8,10-12H2,1-3H3,(H,21,25);2*1H/t17-,18+;;/m1../s1. The molecule has 2 atom stereocenters. The van der Waals surface area contributed by atoms with Crippen LogP contribution < -0.4 is 10.6 Å². The monoisotopic (exact) mass is 413 g/mol. The summed E-state index contributed by atoms with van der Waals surface area (Å²) >= 11 is 0. The van der Waals surface area contributed by atoms with Gasteiger partial charge in [0, 0.05) is 45.3 Å². The van der Waals surface area contributed by atoms with Crippen LogP contribution in [0, 0.1) is 5.92 Å². The van der Waals surface area contributed by atoms with Gasteiger partial charge in [0.05, 0.1) is 12.1 Å². The Labute approximate surface area is 173 Å². The van der Waals surface area contributed by atoms with Crippen molar-refractivity contribution in [2.75, 3.05) is 27.2 Å². The molecular formula is C19H29Cl2N5O. The average Bonchev–Trinajstić information content (AvgIpc) is 3.21. The van der Waals surface area contributed by atoms with E-state index >= 15 is 0 Å². The number of amides is 1. The van der Waals surface area contributed by atoms with Crippen LogP contribution in [-0.4, -0.2) is 47.8 Å². The molecule has 0 unspecified atom stereocenters. The number of nitrogens with one attached hydrogen (secondary N) is 2. The molecule has 1 aliphatic heterocycles. The fourth-order valence-corrected chi connectivity index (χ4v) is 3.46. The summed E-state index contributed by atoms with van der Waals surface area (Å²) < 4.78 is 1.79. The van der Waals surface area contributed by atoms with E-state index in [9.17, 15) is 4.79 Å². The van der Waals surface area contributed by atoms with Crippen molar-refractivity contribution in [2.45, 2.75) is 19.0 Å². The minimum atomic E-state index is -0.0471. The lowest BCUT2D eigenvalue weighted by molar-refractivity contribution is -0.125. The summed E-state index contributed by atoms with van der Waals surface area (Å²) in [6.07, 6.45) is 3.87. The minimum absolute atomic E-state index is 0. The van der Waals surface area contributed by atoms with Crippen molar-refractivity contribution >= 4 is 30.7 Å². The molecule has 6 nitrogen and oxygen atoms in total. The average molecular weight is 414 g/mol. The highest BCUT2D eigenvalue weighted by atomic mass is 35.5. The molecule has 0 aliphatic carbocycles. The van der Waals surface area contributed by atoms with Crippen molar-refractivity contribution in [3.05, 3.63) is 53.3 Å². The number of carbonyl (C=O) groups is 1. The van der Waals surface area contributed by atoms with Crippen molar-refractivity contribution in [1.29, 1.82) is 0 Å². The Balaban J connectivity index is 0.00000182. The smallest absolute Gasteiger partial charge is 0.225 e. The molecule has 0 bridgehead atoms. The number of carbonyl (C=O) groups excluding carboxylic acids is 1. The van der Waals surface area contributed by atoms with E-state index in [1.165, 1.54) is 5.56 Å². The molecule has 1 aliphatic rings. The second kappa shape index (κ2) is 10.7. The molecule has 1 aromatic carbocycles. The molecule has 2 aromatic rings. The van der Waals surface area contributed by atoms with E-state index in [2.05, 4.69) is 59.0 Å². The van der Waals surface area contributed by atoms with Gasteiger partial charge in [-0.25, -0.2) is 0 Å². The fraction of sp³-hybridized carbons (Fsp3) is 0.474. The second-order valence-electron chi connectivity index (χ2n) is 7.09. The molecule has 1 amide bonds. The van der Waals surface area contributed by atoms with Crippen molar-refractivity contribution in [3.8, 4) is 0 Å². The van der Waals surface area contributed by atoms with Crippen LogP contribution >= 0.6 is 24.8 Å². The van der Waals surface area contributed by atoms with Crippen LogP contribution in [0.2, 0.25) is 0 Å². The normalized spacial score (nSPS) is 18.7. The van der Waals surface area contributed by atoms with E-state index in [1.807, 2.05) is 19.4 Å². The number of aromatic nitrogens is 2. The number of aryl methyl sites for hydroxylation is 1. The van der Waals surface area contributed by atoms with Crippen molar-refractivity contribution in [2.24, 2.45) is 13.0 Å². The largest absolute Gasteiger partial charge is 0.352 e. The first-order valence-electron chi connectivity index (χ1n) is 8.72. The lowest BCUT2D eigenvalue weighted by Crippen LogP contribution is -2.34. The first-order valence-corrected chi connectivity index (χ1v) is 8.72. The van der Waals surface area contributed by atoms with Gasteiger partial charge in [-0.05, 0) is 30.8 Å². The SMILES string of the molecule is CN(C)Cc1cccc(CNC(=O)[C@H]2CNC[C@@H]2c2cnn(C)c2)c1.Cl.Cl. The Morgan fingerprint density at radius 3 is 2.70 bits per heavy atom. The Kier molecular flexibility index (Phi) is 9.26. The molecule has 3 rings (SSSR count). The van der Waals surface area contributed by atoms with Gasteiger partial charge in [-0.15, -0.1) is 24.8 Å². The summed E-state index contributed by atoms with van der Waals surface area (Å²) in [5, 5.41) is 10.7. The summed E-state index contributed by atoms with van der Waals surface area (Å²) in [5.41, 5.74) is 3.52. The van der Waals surface area contributed by atoms with Gasteiger partial charge in [0.1, 0.15) is 0 Å². The number of hydrogen-bond acceptors (Lipinski definition) is 4. The van der Waals surface area contributed by atoms with Crippen molar-refractivity contribution < 1.29 is 4.79 Å². The number of halogens is 2. The van der Waals surface area contributed by atoms with Gasteiger partial charge in [-0.1, -0.05) is 24.3 Å². The van der Waals surface area contributed by atoms with Crippen LogP contribution in [-0.2, 0) is 24.9 Å². The number of nitrogens with zero attached hydrogens (tertiary/aromatic N) is 3. The van der Waals surface area contributed by atoms with Gasteiger partial charge in [0.2, 0.25) is 5.91 Å². The highest BCUT2D eigenvalue weighted by Gasteiger charge is 2.34. The van der Waals surface area contributed by atoms with Gasteiger partial charge in [0.15, 0.2) is 0 Å².